The van der Waals surface area contributed by atoms with Gasteiger partial charge in [0.1, 0.15) is 11.6 Å². The second-order valence-electron chi connectivity index (χ2n) is 3.67. The van der Waals surface area contributed by atoms with Crippen LogP contribution in [0.15, 0.2) is 0 Å². The molecule has 0 rings (SSSR count). The molecule has 0 bridgehead atoms. The second-order valence-corrected chi connectivity index (χ2v) is 3.67. The maximum atomic E-state index is 10.4. The van der Waals surface area contributed by atoms with Gasteiger partial charge in [-0.2, -0.15) is 0 Å². The largest absolute Gasteiger partial charge is 2.00 e. The Morgan fingerprint density at radius 1 is 0.737 bits per heavy atom. The van der Waals surface area contributed by atoms with Crippen molar-refractivity contribution < 1.29 is 51.8 Å². The van der Waals surface area contributed by atoms with Gasteiger partial charge in [-0.25, -0.2) is 0 Å². The third-order valence-corrected chi connectivity index (χ3v) is 1.74. The third kappa shape index (κ3) is 22.7. The van der Waals surface area contributed by atoms with Crippen LogP contribution in [0.5, 0.6) is 0 Å². The molecule has 19 heavy (non-hydrogen) atoms. The summed E-state index contributed by atoms with van der Waals surface area (Å²) in [6.45, 7) is 3.65. The molecule has 6 nitrogen and oxygen atoms in total. The first kappa shape index (κ1) is 23.1. The van der Waals surface area contributed by atoms with E-state index in [0.29, 0.717) is 25.7 Å². The van der Waals surface area contributed by atoms with Crippen molar-refractivity contribution in [2.75, 3.05) is 0 Å². The fourth-order valence-corrected chi connectivity index (χ4v) is 1.06. The summed E-state index contributed by atoms with van der Waals surface area (Å²) in [4.78, 5) is 40.4. The van der Waals surface area contributed by atoms with Crippen molar-refractivity contribution in [1.29, 1.82) is 0 Å². The van der Waals surface area contributed by atoms with E-state index < -0.39 is 24.8 Å². The average molecular weight is 366 g/mol. The molecule has 0 aliphatic rings. The van der Waals surface area contributed by atoms with Crippen LogP contribution in [0.25, 0.3) is 0 Å². The van der Waals surface area contributed by atoms with Crippen molar-refractivity contribution in [2.24, 2.45) is 0 Å². The molecule has 0 aromatic rings. The van der Waals surface area contributed by atoms with Crippen molar-refractivity contribution in [3.63, 3.8) is 0 Å². The van der Waals surface area contributed by atoms with Crippen molar-refractivity contribution in [2.45, 2.75) is 52.4 Å². The van der Waals surface area contributed by atoms with Crippen LogP contribution >= 0.6 is 0 Å². The minimum absolute atomic E-state index is 0. The van der Waals surface area contributed by atoms with E-state index in [1.54, 1.807) is 0 Å². The van der Waals surface area contributed by atoms with Gasteiger partial charge in [-0.05, 0) is 12.8 Å². The average Bonchev–Trinajstić information content (AvgIpc) is 2.16. The minimum atomic E-state index is -1.28. The molecular weight excluding hydrogens is 348 g/mol. The van der Waals surface area contributed by atoms with Crippen LogP contribution in [0.2, 0.25) is 0 Å². The topological polar surface area (TPSA) is 114 Å². The maximum Gasteiger partial charge on any atom is 2.00 e. The number of hydrogen-bond donors (Lipinski definition) is 0. The Hall–Kier alpha value is -0.980. The van der Waals surface area contributed by atoms with Gasteiger partial charge in [-0.15, -0.1) is 0 Å². The van der Waals surface area contributed by atoms with Gasteiger partial charge >= 0.3 is 22.4 Å². The van der Waals surface area contributed by atoms with Crippen LogP contribution in [0.3, 0.4) is 0 Å². The molecule has 0 amide bonds. The molecule has 0 fully saturated rings. The predicted molar refractivity (Wildman–Crippen MR) is 59.1 cm³/mol. The normalized spacial score (nSPS) is 8.53. The molecule has 0 spiro atoms. The van der Waals surface area contributed by atoms with E-state index in [2.05, 4.69) is 0 Å². The van der Waals surface area contributed by atoms with Gasteiger partial charge < -0.3 is 19.8 Å². The van der Waals surface area contributed by atoms with Crippen molar-refractivity contribution in [3.05, 3.63) is 0 Å². The number of aliphatic carboxylic acids is 2. The second kappa shape index (κ2) is 15.1. The van der Waals surface area contributed by atoms with Crippen LogP contribution in [0, 0.1) is 0 Å². The fourth-order valence-electron chi connectivity index (χ4n) is 1.06. The van der Waals surface area contributed by atoms with Gasteiger partial charge in [0.25, 0.3) is 0 Å². The van der Waals surface area contributed by atoms with Gasteiger partial charge in [0.2, 0.25) is 0 Å². The number of hydrogen-bond acceptors (Lipinski definition) is 6. The van der Waals surface area contributed by atoms with Crippen LogP contribution < -0.4 is 10.2 Å². The van der Waals surface area contributed by atoms with Crippen LogP contribution in [0.4, 0.5) is 0 Å². The Morgan fingerprint density at radius 3 is 1.16 bits per heavy atom. The first-order chi connectivity index (χ1) is 8.33. The Bertz CT molecular complexity index is 271. The smallest absolute Gasteiger partial charge is 0.550 e. The summed E-state index contributed by atoms with van der Waals surface area (Å²) in [5.41, 5.74) is 0. The van der Waals surface area contributed by atoms with Crippen molar-refractivity contribution >= 4 is 23.5 Å². The van der Waals surface area contributed by atoms with E-state index in [0.717, 1.165) is 0 Å². The molecule has 1 radical (unpaired) electrons. The van der Waals surface area contributed by atoms with E-state index in [4.69, 9.17) is 0 Å². The zero-order valence-electron chi connectivity index (χ0n) is 11.0. The molecule has 0 saturated carbocycles. The zero-order chi connectivity index (χ0) is 14.6. The number of carboxylic acids is 2. The molecule has 0 saturated heterocycles. The third-order valence-electron chi connectivity index (χ3n) is 1.74. The quantitative estimate of drug-likeness (QED) is 0.402. The molecule has 0 aliphatic carbocycles. The summed E-state index contributed by atoms with van der Waals surface area (Å²) in [6, 6.07) is 0. The maximum absolute atomic E-state index is 10.4. The Morgan fingerprint density at radius 2 is 1.00 bits per heavy atom. The zero-order valence-corrected chi connectivity index (χ0v) is 12.5. The number of carbonyl (C=O) groups is 4. The molecule has 7 heteroatoms. The van der Waals surface area contributed by atoms with E-state index in [-0.39, 0.29) is 33.9 Å². The Balaban J connectivity index is -0.000000256. The number of Topliss-reactive ketones (excluding diaryl/α,β-unsaturated/α-hetero) is 2. The van der Waals surface area contributed by atoms with Crippen LogP contribution in [0.1, 0.15) is 52.4 Å². The van der Waals surface area contributed by atoms with E-state index in [9.17, 15) is 29.4 Å². The SMILES string of the molecule is CCCC(=O)CC(=O)[O-].CCCC(=O)CC(=O)[O-].[Ag+2]. The molecule has 0 N–H and O–H groups in total. The predicted octanol–water partition coefficient (Wildman–Crippen LogP) is -1.01. The summed E-state index contributed by atoms with van der Waals surface area (Å²) in [5, 5.41) is 19.5. The van der Waals surface area contributed by atoms with Gasteiger partial charge in [0.15, 0.2) is 0 Å². The minimum Gasteiger partial charge on any atom is -0.550 e. The fraction of sp³-hybridized carbons (Fsp3) is 0.667. The standard InChI is InChI=1S/2C6H10O3.Ag/c2*1-2-3-5(7)4-6(8)9;/h2*2-4H2,1H3,(H,8,9);/q;;+2/p-2. The van der Waals surface area contributed by atoms with E-state index in [1.807, 2.05) is 13.8 Å². The van der Waals surface area contributed by atoms with Gasteiger partial charge in [-0.1, -0.05) is 13.8 Å². The number of carboxylic acid groups (broad SMARTS) is 2. The van der Waals surface area contributed by atoms with Crippen LogP contribution in [-0.2, 0) is 41.6 Å². The molecular formula is C12H18AgO6. The number of carbonyl (C=O) groups excluding carboxylic acids is 4. The first-order valence-corrected chi connectivity index (χ1v) is 5.76. The van der Waals surface area contributed by atoms with Crippen molar-refractivity contribution in [1.82, 2.24) is 0 Å². The first-order valence-electron chi connectivity index (χ1n) is 5.76. The van der Waals surface area contributed by atoms with E-state index in [1.165, 1.54) is 0 Å². The molecule has 0 heterocycles. The summed E-state index contributed by atoms with van der Waals surface area (Å²) in [5.74, 6) is -3.07. The Labute approximate surface area is 128 Å². The van der Waals surface area contributed by atoms with Crippen LogP contribution in [-0.4, -0.2) is 23.5 Å². The molecule has 0 aliphatic heterocycles. The summed E-state index contributed by atoms with van der Waals surface area (Å²) in [7, 11) is 0. The molecule has 113 valence electrons. The monoisotopic (exact) mass is 365 g/mol. The number of ketones is 2. The summed E-state index contributed by atoms with van der Waals surface area (Å²) < 4.78 is 0. The van der Waals surface area contributed by atoms with E-state index >= 15 is 0 Å². The Kier molecular flexibility index (Phi) is 18.4. The molecule has 0 aromatic heterocycles. The van der Waals surface area contributed by atoms with Gasteiger partial charge in [-0.3, -0.25) is 9.59 Å². The van der Waals surface area contributed by atoms with Crippen molar-refractivity contribution in [3.8, 4) is 0 Å². The summed E-state index contributed by atoms with van der Waals surface area (Å²) >= 11 is 0. The summed E-state index contributed by atoms with van der Waals surface area (Å²) in [6.07, 6.45) is 1.21. The molecule has 0 atom stereocenters. The van der Waals surface area contributed by atoms with Gasteiger partial charge in [0, 0.05) is 37.6 Å². The molecule has 0 aromatic carbocycles. The van der Waals surface area contributed by atoms with Gasteiger partial charge in [0.05, 0.1) is 0 Å². The number of rotatable bonds is 8. The molecule has 0 unspecified atom stereocenters.